The van der Waals surface area contributed by atoms with Crippen molar-refractivity contribution in [2.24, 2.45) is 4.99 Å². The van der Waals surface area contributed by atoms with Gasteiger partial charge in [0.15, 0.2) is 6.29 Å². The zero-order valence-electron chi connectivity index (χ0n) is 33.9. The summed E-state index contributed by atoms with van der Waals surface area (Å²) in [4.78, 5) is 34.2. The first-order valence-corrected chi connectivity index (χ1v) is 27.8. The molecule has 0 aliphatic carbocycles. The number of hydrogen-bond donors (Lipinski definition) is 0. The summed E-state index contributed by atoms with van der Waals surface area (Å²) in [6.07, 6.45) is 5.80. The first-order chi connectivity index (χ1) is 29.7. The second kappa shape index (κ2) is 21.3. The molecular formula is C43H43BrN2O6S9. The predicted molar refractivity (Wildman–Crippen MR) is 274 cm³/mol. The number of ether oxygens (including phenoxy) is 4. The fourth-order valence-electron chi connectivity index (χ4n) is 6.74. The van der Waals surface area contributed by atoms with Crippen LogP contribution in [0.5, 0.6) is 0 Å². The molecule has 0 radical (unpaired) electrons. The number of nitrogens with zero attached hydrogens (tertiary/aromatic N) is 2. The van der Waals surface area contributed by atoms with Gasteiger partial charge in [0.25, 0.3) is 5.91 Å². The Bertz CT molecular complexity index is 2910. The average Bonchev–Trinajstić information content (AvgIpc) is 4.10. The topological polar surface area (TPSA) is 86.7 Å². The van der Waals surface area contributed by atoms with Crippen LogP contribution >= 0.6 is 118 Å². The number of halogens is 1. The number of fused-ring (bicyclic) bond motifs is 9. The molecule has 61 heavy (non-hydrogen) atoms. The Hall–Kier alpha value is -2.01. The van der Waals surface area contributed by atoms with Crippen LogP contribution in [0.1, 0.15) is 44.1 Å². The van der Waals surface area contributed by atoms with Crippen LogP contribution < -0.4 is 0 Å². The molecule has 1 atom stereocenters. The molecular weight excluding hydrogens is 1010 g/mol. The molecule has 0 saturated carbocycles. The van der Waals surface area contributed by atoms with E-state index in [0.29, 0.717) is 32.8 Å². The van der Waals surface area contributed by atoms with E-state index in [2.05, 4.69) is 56.6 Å². The van der Waals surface area contributed by atoms with Crippen molar-refractivity contribution in [3.63, 3.8) is 0 Å². The summed E-state index contributed by atoms with van der Waals surface area (Å²) in [5.74, 6) is 0.912. The average molecular weight is 1050 g/mol. The molecule has 8 nitrogen and oxygen atoms in total. The van der Waals surface area contributed by atoms with Gasteiger partial charge >= 0.3 is 0 Å². The molecule has 0 fully saturated rings. The minimum atomic E-state index is -0.259. The smallest absolute Gasteiger partial charge is 0.252 e. The van der Waals surface area contributed by atoms with Crippen molar-refractivity contribution in [3.05, 3.63) is 65.1 Å². The van der Waals surface area contributed by atoms with E-state index in [1.165, 1.54) is 74.8 Å². The normalized spacial score (nSPS) is 14.3. The molecule has 10 rings (SSSR count). The van der Waals surface area contributed by atoms with E-state index < -0.39 is 0 Å². The van der Waals surface area contributed by atoms with Crippen LogP contribution in [0.4, 0.5) is 0 Å². The van der Waals surface area contributed by atoms with E-state index in [1.807, 2.05) is 92.3 Å². The highest BCUT2D eigenvalue weighted by molar-refractivity contribution is 9.11. The maximum atomic E-state index is 12.3. The van der Waals surface area contributed by atoms with Crippen LogP contribution in [0, 0.1) is 0 Å². The number of methoxy groups -OCH3 is 2. The van der Waals surface area contributed by atoms with Crippen LogP contribution in [0.3, 0.4) is 0 Å². The van der Waals surface area contributed by atoms with Gasteiger partial charge in [-0.25, -0.2) is 0 Å². The Morgan fingerprint density at radius 3 is 1.75 bits per heavy atom. The van der Waals surface area contributed by atoms with Crippen molar-refractivity contribution < 1.29 is 28.5 Å². The summed E-state index contributed by atoms with van der Waals surface area (Å²) in [6.45, 7) is 6.09. The van der Waals surface area contributed by atoms with E-state index in [1.54, 1.807) is 48.8 Å². The minimum Gasteiger partial charge on any atom is -0.382 e. The van der Waals surface area contributed by atoms with E-state index in [0.717, 1.165) is 55.9 Å². The monoisotopic (exact) mass is 1050 g/mol. The molecule has 1 aliphatic rings. The van der Waals surface area contributed by atoms with E-state index in [9.17, 15) is 9.59 Å². The summed E-state index contributed by atoms with van der Waals surface area (Å²) in [5.41, 5.74) is 0. The second-order valence-electron chi connectivity index (χ2n) is 14.1. The fraction of sp³-hybridized carbons (Fsp3) is 0.372. The summed E-state index contributed by atoms with van der Waals surface area (Å²) in [5, 5.41) is 2.16. The first kappa shape index (κ1) is 45.6. The standard InChI is InChI=1S/C20H24N2O3S3.C15H16O3S3.C8H3BrS3/c1-12-21-15(20(23)22(12)2)9-14-11-17-19(27-14)18-16(28-17)10-13(26-18)5-4-6-25-8-7-24-3;1-17-5-6-18-4-2-3-10-7-12-14(19-10)15-13(21-12)8-11(9-16)20-15;9-6-3-5-8(12-6)7-4(11-5)1-2-10-7/h10-11,15H,4-9H2,1-3H3;7-9H,2-6H2,1H3;1-3H. The number of likely N-dealkylation sites (N-methyl/N-ethyl adjacent to an activating group) is 1. The molecule has 0 saturated heterocycles. The van der Waals surface area contributed by atoms with Crippen molar-refractivity contribution in [1.29, 1.82) is 0 Å². The van der Waals surface area contributed by atoms with Gasteiger partial charge in [0.2, 0.25) is 0 Å². The van der Waals surface area contributed by atoms with E-state index in [4.69, 9.17) is 18.9 Å². The summed E-state index contributed by atoms with van der Waals surface area (Å²) < 4.78 is 38.6. The lowest BCUT2D eigenvalue weighted by molar-refractivity contribution is -0.126. The number of aliphatic imine (C=N–C) groups is 1. The number of hydrogen-bond acceptors (Lipinski definition) is 16. The maximum Gasteiger partial charge on any atom is 0.252 e. The highest BCUT2D eigenvalue weighted by atomic mass is 79.9. The van der Waals surface area contributed by atoms with Gasteiger partial charge in [0.05, 0.1) is 63.3 Å². The third-order valence-electron chi connectivity index (χ3n) is 9.78. The summed E-state index contributed by atoms with van der Waals surface area (Å²) in [7, 11) is 5.17. The van der Waals surface area contributed by atoms with Gasteiger partial charge < -0.3 is 23.8 Å². The Labute approximate surface area is 398 Å². The third kappa shape index (κ3) is 10.8. The van der Waals surface area contributed by atoms with Crippen molar-refractivity contribution in [2.45, 2.75) is 45.1 Å². The van der Waals surface area contributed by atoms with Crippen molar-refractivity contribution >= 4 is 192 Å². The van der Waals surface area contributed by atoms with Crippen molar-refractivity contribution in [3.8, 4) is 0 Å². The number of rotatable bonds is 17. The number of carbonyl (C=O) groups is 2. The summed E-state index contributed by atoms with van der Waals surface area (Å²) >= 11 is 19.9. The fourth-order valence-corrected chi connectivity index (χ4v) is 19.2. The predicted octanol–water partition coefficient (Wildman–Crippen LogP) is 14.1. The molecule has 0 aromatic carbocycles. The van der Waals surface area contributed by atoms with Gasteiger partial charge in [-0.05, 0) is 90.3 Å². The van der Waals surface area contributed by atoms with Crippen LogP contribution in [0.25, 0.3) is 56.4 Å². The molecule has 1 unspecified atom stereocenters. The first-order valence-electron chi connectivity index (χ1n) is 19.6. The molecule has 0 N–H and O–H groups in total. The van der Waals surface area contributed by atoms with Crippen molar-refractivity contribution in [2.75, 3.05) is 60.9 Å². The SMILES string of the molecule is Brc1cc2sc3ccsc3c2s1.COCCOCCCc1cc2sc3cc(C=O)sc3c2s1.COCCOCCCc1cc2sc3cc(CC4N=C(C)N(C)C4=O)sc3c2s1. The Morgan fingerprint density at radius 1 is 0.656 bits per heavy atom. The lowest BCUT2D eigenvalue weighted by Gasteiger charge is -2.09. The molecule has 322 valence electrons. The molecule has 0 spiro atoms. The van der Waals surface area contributed by atoms with Crippen LogP contribution in [0.2, 0.25) is 0 Å². The van der Waals surface area contributed by atoms with Gasteiger partial charge in [-0.3, -0.25) is 14.6 Å². The van der Waals surface area contributed by atoms with Gasteiger partial charge in [-0.1, -0.05) is 0 Å². The minimum absolute atomic E-state index is 0.102. The Kier molecular flexibility index (Phi) is 15.9. The Balaban J connectivity index is 0.000000136. The highest BCUT2D eigenvalue weighted by Crippen LogP contribution is 2.46. The summed E-state index contributed by atoms with van der Waals surface area (Å²) in [6, 6.07) is 13.0. The molecule has 9 aromatic rings. The molecule has 1 amide bonds. The third-order valence-corrected chi connectivity index (χ3v) is 21.5. The van der Waals surface area contributed by atoms with Gasteiger partial charge in [-0.2, -0.15) is 0 Å². The molecule has 1 aliphatic heterocycles. The lowest BCUT2D eigenvalue weighted by Crippen LogP contribution is -2.31. The molecule has 0 bridgehead atoms. The number of thiophene rings is 9. The van der Waals surface area contributed by atoms with Gasteiger partial charge in [0.1, 0.15) is 11.9 Å². The zero-order chi connectivity index (χ0) is 42.5. The zero-order valence-corrected chi connectivity index (χ0v) is 42.8. The van der Waals surface area contributed by atoms with E-state index >= 15 is 0 Å². The molecule has 18 heteroatoms. The molecule has 10 heterocycles. The highest BCUT2D eigenvalue weighted by Gasteiger charge is 2.30. The largest absolute Gasteiger partial charge is 0.382 e. The number of aldehydes is 1. The number of amides is 1. The Morgan fingerprint density at radius 2 is 1.18 bits per heavy atom. The second-order valence-corrected chi connectivity index (χ2v) is 25.1. The van der Waals surface area contributed by atoms with Crippen LogP contribution in [0.15, 0.2) is 50.6 Å². The quantitative estimate of drug-likeness (QED) is 0.0667. The van der Waals surface area contributed by atoms with E-state index in [-0.39, 0.29) is 11.9 Å². The number of amidine groups is 1. The lowest BCUT2D eigenvalue weighted by atomic mass is 10.2. The van der Waals surface area contributed by atoms with Crippen molar-refractivity contribution in [1.82, 2.24) is 4.90 Å². The van der Waals surface area contributed by atoms with Crippen LogP contribution in [-0.2, 0) is 43.0 Å². The van der Waals surface area contributed by atoms with Gasteiger partial charge in [0, 0.05) is 83.7 Å². The van der Waals surface area contributed by atoms with Gasteiger partial charge in [-0.15, -0.1) is 102 Å². The van der Waals surface area contributed by atoms with Crippen LogP contribution in [-0.4, -0.2) is 89.9 Å². The molecule has 9 aromatic heterocycles. The number of aryl methyl sites for hydroxylation is 2. The number of carbonyl (C=O) groups excluding carboxylic acids is 2. The maximum absolute atomic E-state index is 12.3.